The van der Waals surface area contributed by atoms with Crippen molar-refractivity contribution in [3.63, 3.8) is 0 Å². The second-order valence-electron chi connectivity index (χ2n) is 16.5. The molecule has 9 rings (SSSR count). The largest absolute Gasteiger partial charge is 0.351 e. The van der Waals surface area contributed by atoms with Crippen molar-refractivity contribution in [2.24, 2.45) is 25.9 Å². The van der Waals surface area contributed by atoms with E-state index in [-0.39, 0.29) is 47.5 Å². The summed E-state index contributed by atoms with van der Waals surface area (Å²) in [5.74, 6) is 2.00. The first-order chi connectivity index (χ1) is 25.5. The van der Waals surface area contributed by atoms with Gasteiger partial charge in [-0.05, 0) is 88.9 Å². The zero-order valence-electron chi connectivity index (χ0n) is 31.1. The lowest BCUT2D eigenvalue weighted by Crippen LogP contribution is -2.51. The van der Waals surface area contributed by atoms with Gasteiger partial charge in [-0.25, -0.2) is 24.4 Å². The fourth-order valence-electron chi connectivity index (χ4n) is 10.6. The highest BCUT2D eigenvalue weighted by molar-refractivity contribution is 6.06. The maximum Gasteiger partial charge on any atom is 0.330 e. The predicted molar refractivity (Wildman–Crippen MR) is 199 cm³/mol. The van der Waals surface area contributed by atoms with Crippen molar-refractivity contribution in [2.75, 3.05) is 24.7 Å². The molecule has 2 N–H and O–H groups in total. The fourth-order valence-corrected chi connectivity index (χ4v) is 10.6. The van der Waals surface area contributed by atoms with E-state index in [9.17, 15) is 19.2 Å². The molecule has 3 amide bonds. The van der Waals surface area contributed by atoms with E-state index in [1.165, 1.54) is 4.90 Å². The highest BCUT2D eigenvalue weighted by atomic mass is 16.2. The summed E-state index contributed by atoms with van der Waals surface area (Å²) >= 11 is 0. The van der Waals surface area contributed by atoms with Crippen LogP contribution < -0.4 is 22.0 Å². The van der Waals surface area contributed by atoms with Crippen LogP contribution >= 0.6 is 0 Å². The number of carbonyl (C=O) groups excluding carboxylic acids is 2. The van der Waals surface area contributed by atoms with E-state index in [0.717, 1.165) is 75.4 Å². The van der Waals surface area contributed by atoms with Crippen molar-refractivity contribution in [1.29, 1.82) is 0 Å². The van der Waals surface area contributed by atoms with Crippen LogP contribution in [0.3, 0.4) is 0 Å². The summed E-state index contributed by atoms with van der Waals surface area (Å²) in [7, 11) is 6.86. The zero-order valence-corrected chi connectivity index (χ0v) is 31.1. The molecule has 16 nitrogen and oxygen atoms in total. The molecule has 4 aromatic rings. The van der Waals surface area contributed by atoms with Crippen molar-refractivity contribution in [2.45, 2.75) is 120 Å². The molecule has 1 spiro atoms. The molecule has 16 heteroatoms. The number of imidazole rings is 2. The number of urea groups is 1. The Morgan fingerprint density at radius 2 is 1.19 bits per heavy atom. The Labute approximate surface area is 307 Å². The van der Waals surface area contributed by atoms with E-state index in [0.29, 0.717) is 60.6 Å². The lowest BCUT2D eigenvalue weighted by atomic mass is 9.78. The third kappa shape index (κ3) is 5.37. The third-order valence-corrected chi connectivity index (χ3v) is 13.7. The van der Waals surface area contributed by atoms with Gasteiger partial charge in [0.15, 0.2) is 11.3 Å². The first kappa shape index (κ1) is 34.0. The first-order valence-corrected chi connectivity index (χ1v) is 19.5. The second-order valence-corrected chi connectivity index (χ2v) is 16.5. The molecule has 282 valence electrons. The number of aryl methyl sites for hydroxylation is 2. The van der Waals surface area contributed by atoms with Crippen molar-refractivity contribution in [3.8, 4) is 0 Å². The van der Waals surface area contributed by atoms with E-state index >= 15 is 0 Å². The predicted octanol–water partition coefficient (Wildman–Crippen LogP) is 3.93. The number of hydrogen-bond donors (Lipinski definition) is 2. The smallest absolute Gasteiger partial charge is 0.330 e. The Morgan fingerprint density at radius 3 is 1.77 bits per heavy atom. The van der Waals surface area contributed by atoms with Gasteiger partial charge in [0, 0.05) is 52.4 Å². The van der Waals surface area contributed by atoms with Crippen LogP contribution in [0.5, 0.6) is 0 Å². The molecule has 4 atom stereocenters. The van der Waals surface area contributed by atoms with Gasteiger partial charge in [0.1, 0.15) is 16.6 Å². The van der Waals surface area contributed by atoms with Gasteiger partial charge in [-0.15, -0.1) is 0 Å². The number of nitrogens with zero attached hydrogens (tertiary/aromatic N) is 10. The van der Waals surface area contributed by atoms with E-state index in [2.05, 4.69) is 20.6 Å². The number of nitrogens with one attached hydrogen (secondary N) is 2. The van der Waals surface area contributed by atoms with E-state index in [1.54, 1.807) is 54.6 Å². The van der Waals surface area contributed by atoms with Crippen LogP contribution in [0.2, 0.25) is 0 Å². The maximum absolute atomic E-state index is 13.7. The number of aromatic nitrogens is 8. The van der Waals surface area contributed by atoms with Crippen molar-refractivity contribution in [1.82, 2.24) is 48.0 Å². The SMILES string of the molecule is CN1C(=O)N(C)C2(CCC(Nc3ncc4c(n3)n(C3CCC(C5CCC(Nc6ncc7c(n6)n(C6CCCC6)c(=O)n7C)C5)C3)c(=O)n4C)CC2)C1=O. The van der Waals surface area contributed by atoms with E-state index < -0.39 is 5.54 Å². The molecule has 0 bridgehead atoms. The minimum Gasteiger partial charge on any atom is -0.351 e. The summed E-state index contributed by atoms with van der Waals surface area (Å²) < 4.78 is 7.09. The lowest BCUT2D eigenvalue weighted by molar-refractivity contribution is -0.133. The van der Waals surface area contributed by atoms with Crippen molar-refractivity contribution >= 4 is 46.2 Å². The third-order valence-electron chi connectivity index (χ3n) is 13.7. The monoisotopic (exact) mass is 726 g/mol. The van der Waals surface area contributed by atoms with Gasteiger partial charge in [-0.2, -0.15) is 9.97 Å². The van der Waals surface area contributed by atoms with Crippen LogP contribution in [0.25, 0.3) is 22.3 Å². The number of carbonyl (C=O) groups is 2. The zero-order chi connectivity index (χ0) is 36.8. The topological polar surface area (TPSA) is 170 Å². The molecule has 1 saturated heterocycles. The highest BCUT2D eigenvalue weighted by Gasteiger charge is 2.55. The summed E-state index contributed by atoms with van der Waals surface area (Å²) in [4.78, 5) is 74.0. The lowest BCUT2D eigenvalue weighted by Gasteiger charge is -2.39. The van der Waals surface area contributed by atoms with Gasteiger partial charge < -0.3 is 15.5 Å². The number of imide groups is 1. The Hall–Kier alpha value is -4.76. The number of likely N-dealkylation sites (N-methyl/N-ethyl adjacent to an activating group) is 2. The van der Waals surface area contributed by atoms with Gasteiger partial charge in [-0.1, -0.05) is 12.8 Å². The fraction of sp³-hybridized carbons (Fsp3) is 0.676. The average Bonchev–Trinajstić information content (AvgIpc) is 4.02. The molecule has 4 unspecified atom stereocenters. The average molecular weight is 727 g/mol. The van der Waals surface area contributed by atoms with E-state index in [4.69, 9.17) is 9.97 Å². The van der Waals surface area contributed by atoms with Gasteiger partial charge in [-0.3, -0.25) is 28.0 Å². The molecule has 53 heavy (non-hydrogen) atoms. The Balaban J connectivity index is 0.862. The minimum absolute atomic E-state index is 0.0134. The molecule has 0 radical (unpaired) electrons. The van der Waals surface area contributed by atoms with Crippen LogP contribution in [-0.2, 0) is 18.9 Å². The maximum atomic E-state index is 13.7. The van der Waals surface area contributed by atoms with Crippen LogP contribution in [0.1, 0.15) is 102 Å². The number of anilines is 2. The highest BCUT2D eigenvalue weighted by Crippen LogP contribution is 2.45. The number of hydrogen-bond acceptors (Lipinski definition) is 10. The van der Waals surface area contributed by atoms with E-state index in [1.807, 2.05) is 9.13 Å². The molecular formula is C37H50N12O4. The summed E-state index contributed by atoms with van der Waals surface area (Å²) in [6, 6.07) is 0.337. The van der Waals surface area contributed by atoms with Gasteiger partial charge >= 0.3 is 17.4 Å². The Kier molecular flexibility index (Phi) is 8.14. The Bertz CT molecular complexity index is 2220. The standard InChI is InChI=1S/C37H50N12O4/c1-44-27-19-39-33(42-29(27)48(35(44)52)25-7-5-6-8-25)41-24-11-9-21(17-24)22-10-12-26(18-22)49-30-28(45(2)36(49)53)20-38-32(43-30)40-23-13-15-37(16-14-23)31(50)46(3)34(51)47(37)4/h19-26H,5-18H2,1-4H3,(H,38,40,43)(H,39,41,42). The summed E-state index contributed by atoms with van der Waals surface area (Å²) in [5, 5.41) is 7.09. The van der Waals surface area contributed by atoms with Crippen LogP contribution in [0.15, 0.2) is 22.0 Å². The quantitative estimate of drug-likeness (QED) is 0.266. The molecular weight excluding hydrogens is 676 g/mol. The molecule has 4 aliphatic carbocycles. The van der Waals surface area contributed by atoms with Crippen molar-refractivity contribution in [3.05, 3.63) is 33.4 Å². The normalized spacial score (nSPS) is 29.5. The summed E-state index contributed by atoms with van der Waals surface area (Å²) in [6.45, 7) is 0. The van der Waals surface area contributed by atoms with Crippen LogP contribution in [0, 0.1) is 11.8 Å². The molecule has 4 aromatic heterocycles. The second kappa shape index (κ2) is 12.7. The first-order valence-electron chi connectivity index (χ1n) is 19.5. The molecule has 4 saturated carbocycles. The Morgan fingerprint density at radius 1 is 0.642 bits per heavy atom. The molecule has 5 aliphatic rings. The van der Waals surface area contributed by atoms with Gasteiger partial charge in [0.2, 0.25) is 11.9 Å². The number of amides is 3. The molecule has 1 aliphatic heterocycles. The van der Waals surface area contributed by atoms with Crippen LogP contribution in [-0.4, -0.2) is 91.7 Å². The van der Waals surface area contributed by atoms with Gasteiger partial charge in [0.05, 0.1) is 12.4 Å². The van der Waals surface area contributed by atoms with Gasteiger partial charge in [0.25, 0.3) is 5.91 Å². The molecule has 5 fully saturated rings. The number of rotatable bonds is 7. The van der Waals surface area contributed by atoms with Crippen molar-refractivity contribution < 1.29 is 9.59 Å². The minimum atomic E-state index is -0.770. The summed E-state index contributed by atoms with van der Waals surface area (Å²) in [5.41, 5.74) is 2.02. The summed E-state index contributed by atoms with van der Waals surface area (Å²) in [6.07, 6.45) is 16.5. The van der Waals surface area contributed by atoms with Crippen LogP contribution in [0.4, 0.5) is 16.7 Å². The molecule has 5 heterocycles. The molecule has 0 aromatic carbocycles. The number of fused-ring (bicyclic) bond motifs is 2.